The van der Waals surface area contributed by atoms with Gasteiger partial charge in [0.1, 0.15) is 5.69 Å². The number of hydrogen-bond acceptors (Lipinski definition) is 3. The first-order valence-electron chi connectivity index (χ1n) is 7.20. The number of nitrogens with one attached hydrogen (secondary N) is 2. The molecule has 1 amide bonds. The maximum Gasteiger partial charge on any atom is 0.484 e. The molecule has 0 atom stereocenters. The summed E-state index contributed by atoms with van der Waals surface area (Å²) in [6.45, 7) is 2.01. The summed E-state index contributed by atoms with van der Waals surface area (Å²) in [5.74, 6) is -1.15. The zero-order valence-corrected chi connectivity index (χ0v) is 13.5. The average Bonchev–Trinajstić information content (AvgIpc) is 3.15. The molecule has 0 saturated heterocycles. The van der Waals surface area contributed by atoms with Gasteiger partial charge in [0.05, 0.1) is 11.9 Å². The molecular formula is C16H16F3N5O. The molecule has 0 aliphatic rings. The molecule has 0 aliphatic heterocycles. The van der Waals surface area contributed by atoms with Crippen LogP contribution in [0.15, 0.2) is 48.8 Å². The van der Waals surface area contributed by atoms with Crippen LogP contribution in [0.4, 0.5) is 13.2 Å². The fourth-order valence-electron chi connectivity index (χ4n) is 1.94. The number of carbonyl (C=O) groups excluding carboxylic acids is 1. The van der Waals surface area contributed by atoms with Crippen molar-refractivity contribution < 1.29 is 18.0 Å². The zero-order valence-electron chi connectivity index (χ0n) is 13.5. The fourth-order valence-corrected chi connectivity index (χ4v) is 1.94. The number of carbonyl (C=O) groups is 1. The molecule has 2 N–H and O–H groups in total. The Kier molecular flexibility index (Phi) is 5.58. The molecule has 0 aliphatic carbocycles. The topological polar surface area (TPSA) is 75.6 Å². The number of alkyl halides is 3. The van der Waals surface area contributed by atoms with Gasteiger partial charge in [-0.1, -0.05) is 18.2 Å². The van der Waals surface area contributed by atoms with E-state index in [0.717, 1.165) is 22.3 Å². The van der Waals surface area contributed by atoms with Crippen molar-refractivity contribution in [3.05, 3.63) is 59.9 Å². The standard InChI is InChI=1S/C8H6F3NO.C8H10N4/c9-8(10,11)12-7(13)6-4-2-1-3-5-6;1-6-5-9-10-8(6)7-3-4-12(2)11-7/h1-5H,(H,12,13);3-5H,1-2H3,(H,9,10). The Morgan fingerprint density at radius 3 is 2.36 bits per heavy atom. The Balaban J connectivity index is 0.000000181. The summed E-state index contributed by atoms with van der Waals surface area (Å²) < 4.78 is 36.8. The lowest BCUT2D eigenvalue weighted by Gasteiger charge is -2.07. The van der Waals surface area contributed by atoms with Gasteiger partial charge >= 0.3 is 6.30 Å². The summed E-state index contributed by atoms with van der Waals surface area (Å²) in [4.78, 5) is 10.8. The highest BCUT2D eigenvalue weighted by Gasteiger charge is 2.30. The molecule has 0 unspecified atom stereocenters. The van der Waals surface area contributed by atoms with Crippen molar-refractivity contribution in [2.45, 2.75) is 13.2 Å². The molecule has 2 aromatic heterocycles. The number of benzene rings is 1. The van der Waals surface area contributed by atoms with Gasteiger partial charge in [0.15, 0.2) is 0 Å². The average molecular weight is 351 g/mol. The second-order valence-corrected chi connectivity index (χ2v) is 5.12. The number of aromatic amines is 1. The van der Waals surface area contributed by atoms with Gasteiger partial charge in [-0.05, 0) is 30.7 Å². The molecule has 3 aromatic rings. The molecule has 3 rings (SSSR count). The number of amides is 1. The third-order valence-corrected chi connectivity index (χ3v) is 3.09. The number of hydrogen-bond donors (Lipinski definition) is 2. The lowest BCUT2D eigenvalue weighted by Crippen LogP contribution is -2.37. The number of rotatable bonds is 2. The molecular weight excluding hydrogens is 335 g/mol. The van der Waals surface area contributed by atoms with Gasteiger partial charge < -0.3 is 0 Å². The lowest BCUT2D eigenvalue weighted by molar-refractivity contribution is -0.146. The Hall–Kier alpha value is -3.10. The molecule has 9 heteroatoms. The molecule has 0 bridgehead atoms. The van der Waals surface area contributed by atoms with Crippen molar-refractivity contribution in [2.75, 3.05) is 0 Å². The van der Waals surface area contributed by atoms with Crippen LogP contribution in [0.25, 0.3) is 11.4 Å². The van der Waals surface area contributed by atoms with Gasteiger partial charge in [-0.2, -0.15) is 23.4 Å². The van der Waals surface area contributed by atoms with Crippen LogP contribution in [-0.2, 0) is 7.05 Å². The second-order valence-electron chi connectivity index (χ2n) is 5.12. The maximum absolute atomic E-state index is 11.7. The predicted molar refractivity (Wildman–Crippen MR) is 85.5 cm³/mol. The minimum atomic E-state index is -4.67. The summed E-state index contributed by atoms with van der Waals surface area (Å²) in [6.07, 6.45) is -0.966. The van der Waals surface area contributed by atoms with E-state index in [1.54, 1.807) is 16.9 Å². The summed E-state index contributed by atoms with van der Waals surface area (Å²) in [5, 5.41) is 12.0. The molecule has 0 saturated carbocycles. The van der Waals surface area contributed by atoms with E-state index in [1.165, 1.54) is 24.3 Å². The Labute approximate surface area is 141 Å². The van der Waals surface area contributed by atoms with Gasteiger partial charge in [0, 0.05) is 18.8 Å². The predicted octanol–water partition coefficient (Wildman–Crippen LogP) is 3.05. The van der Waals surface area contributed by atoms with Crippen LogP contribution in [0.3, 0.4) is 0 Å². The normalized spacial score (nSPS) is 10.8. The minimum absolute atomic E-state index is 0.0141. The molecule has 6 nitrogen and oxygen atoms in total. The fraction of sp³-hybridized carbons (Fsp3) is 0.188. The molecule has 0 spiro atoms. The van der Waals surface area contributed by atoms with E-state index < -0.39 is 12.2 Å². The minimum Gasteiger partial charge on any atom is -0.276 e. The highest BCUT2D eigenvalue weighted by atomic mass is 19.4. The van der Waals surface area contributed by atoms with E-state index in [2.05, 4.69) is 15.3 Å². The summed E-state index contributed by atoms with van der Waals surface area (Å²) >= 11 is 0. The maximum atomic E-state index is 11.7. The van der Waals surface area contributed by atoms with Crippen molar-refractivity contribution in [3.8, 4) is 11.4 Å². The first kappa shape index (κ1) is 18.2. The highest BCUT2D eigenvalue weighted by Crippen LogP contribution is 2.16. The van der Waals surface area contributed by atoms with Crippen LogP contribution in [0, 0.1) is 6.92 Å². The van der Waals surface area contributed by atoms with E-state index in [1.807, 2.05) is 26.2 Å². The van der Waals surface area contributed by atoms with E-state index in [0.29, 0.717) is 0 Å². The van der Waals surface area contributed by atoms with Crippen molar-refractivity contribution in [1.82, 2.24) is 25.3 Å². The third-order valence-electron chi connectivity index (χ3n) is 3.09. The van der Waals surface area contributed by atoms with Crippen LogP contribution in [0.2, 0.25) is 0 Å². The van der Waals surface area contributed by atoms with Crippen LogP contribution in [0.5, 0.6) is 0 Å². The molecule has 0 radical (unpaired) electrons. The first-order valence-corrected chi connectivity index (χ1v) is 7.20. The van der Waals surface area contributed by atoms with E-state index in [-0.39, 0.29) is 5.56 Å². The van der Waals surface area contributed by atoms with Gasteiger partial charge in [-0.25, -0.2) is 0 Å². The molecule has 2 heterocycles. The van der Waals surface area contributed by atoms with Crippen LogP contribution in [0.1, 0.15) is 15.9 Å². The third kappa shape index (κ3) is 5.48. The number of H-pyrrole nitrogens is 1. The van der Waals surface area contributed by atoms with Gasteiger partial charge in [0.25, 0.3) is 5.91 Å². The van der Waals surface area contributed by atoms with E-state index >= 15 is 0 Å². The first-order chi connectivity index (χ1) is 11.8. The highest BCUT2D eigenvalue weighted by molar-refractivity contribution is 5.94. The Morgan fingerprint density at radius 1 is 1.20 bits per heavy atom. The van der Waals surface area contributed by atoms with Gasteiger partial charge in [0.2, 0.25) is 0 Å². The zero-order chi connectivity index (χ0) is 18.4. The van der Waals surface area contributed by atoms with Crippen LogP contribution >= 0.6 is 0 Å². The van der Waals surface area contributed by atoms with E-state index in [4.69, 9.17) is 0 Å². The number of aryl methyl sites for hydroxylation is 2. The van der Waals surface area contributed by atoms with E-state index in [9.17, 15) is 18.0 Å². The summed E-state index contributed by atoms with van der Waals surface area (Å²) in [6, 6.07) is 9.17. The monoisotopic (exact) mass is 351 g/mol. The number of aromatic nitrogens is 4. The quantitative estimate of drug-likeness (QED) is 0.697. The van der Waals surface area contributed by atoms with Crippen LogP contribution in [-0.4, -0.2) is 32.2 Å². The van der Waals surface area contributed by atoms with Crippen molar-refractivity contribution >= 4 is 5.91 Å². The van der Waals surface area contributed by atoms with Crippen LogP contribution < -0.4 is 5.32 Å². The smallest absolute Gasteiger partial charge is 0.276 e. The lowest BCUT2D eigenvalue weighted by atomic mass is 10.2. The number of nitrogens with zero attached hydrogens (tertiary/aromatic N) is 3. The van der Waals surface area contributed by atoms with Crippen molar-refractivity contribution in [1.29, 1.82) is 0 Å². The Morgan fingerprint density at radius 2 is 1.88 bits per heavy atom. The number of halogens is 3. The second kappa shape index (κ2) is 7.65. The molecule has 0 fully saturated rings. The molecule has 25 heavy (non-hydrogen) atoms. The SMILES string of the molecule is Cc1cn[nH]c1-c1ccn(C)n1.O=C(NC(F)(F)F)c1ccccc1. The molecule has 1 aromatic carbocycles. The summed E-state index contributed by atoms with van der Waals surface area (Å²) in [5.41, 5.74) is 3.04. The van der Waals surface area contributed by atoms with Crippen molar-refractivity contribution in [2.24, 2.45) is 7.05 Å². The van der Waals surface area contributed by atoms with Gasteiger partial charge in [-0.3, -0.25) is 19.9 Å². The summed E-state index contributed by atoms with van der Waals surface area (Å²) in [7, 11) is 1.90. The molecule has 132 valence electrons. The van der Waals surface area contributed by atoms with Gasteiger partial charge in [-0.15, -0.1) is 0 Å². The Bertz CT molecular complexity index is 824. The largest absolute Gasteiger partial charge is 0.484 e. The van der Waals surface area contributed by atoms with Crippen molar-refractivity contribution in [3.63, 3.8) is 0 Å².